The van der Waals surface area contributed by atoms with Crippen molar-refractivity contribution in [2.45, 2.75) is 12.8 Å². The molecule has 80 valence electrons. The Morgan fingerprint density at radius 1 is 1.36 bits per heavy atom. The van der Waals surface area contributed by atoms with Gasteiger partial charge >= 0.3 is 0 Å². The molecule has 1 N–H and O–H groups in total. The third kappa shape index (κ3) is 2.45. The summed E-state index contributed by atoms with van der Waals surface area (Å²) in [5.41, 5.74) is 0. The maximum Gasteiger partial charge on any atom is 0.223 e. The summed E-state index contributed by atoms with van der Waals surface area (Å²) in [6.07, 6.45) is 1.70. The van der Waals surface area contributed by atoms with Crippen LogP contribution in [0.3, 0.4) is 0 Å². The van der Waals surface area contributed by atoms with Gasteiger partial charge in [-0.05, 0) is 25.4 Å². The van der Waals surface area contributed by atoms with Crippen molar-refractivity contribution in [2.24, 2.45) is 5.92 Å². The van der Waals surface area contributed by atoms with Crippen LogP contribution < -0.4 is 5.32 Å². The molecule has 0 atom stereocenters. The highest BCUT2D eigenvalue weighted by Crippen LogP contribution is 2.11. The minimum atomic E-state index is 0.307. The number of hydrogen-bond acceptors (Lipinski definition) is 3. The van der Waals surface area contributed by atoms with Crippen molar-refractivity contribution >= 4 is 5.91 Å². The Labute approximate surface area is 84.6 Å². The van der Waals surface area contributed by atoms with Crippen molar-refractivity contribution in [3.8, 4) is 0 Å². The quantitative estimate of drug-likeness (QED) is 0.670. The number of rotatable bonds is 2. The Morgan fingerprint density at radius 3 is 2.93 bits per heavy atom. The van der Waals surface area contributed by atoms with Crippen LogP contribution in [0.1, 0.15) is 12.8 Å². The molecule has 1 amide bonds. The molecule has 2 heterocycles. The van der Waals surface area contributed by atoms with Gasteiger partial charge in [0.25, 0.3) is 0 Å². The second-order valence-electron chi connectivity index (χ2n) is 4.08. The number of hydrogen-bond donors (Lipinski definition) is 1. The van der Waals surface area contributed by atoms with Crippen molar-refractivity contribution < 1.29 is 9.53 Å². The Morgan fingerprint density at radius 2 is 2.21 bits per heavy atom. The van der Waals surface area contributed by atoms with Gasteiger partial charge in [-0.1, -0.05) is 0 Å². The molecule has 2 rings (SSSR count). The fourth-order valence-corrected chi connectivity index (χ4v) is 1.86. The molecule has 2 aliphatic heterocycles. The smallest absolute Gasteiger partial charge is 0.223 e. The van der Waals surface area contributed by atoms with E-state index in [1.165, 1.54) is 0 Å². The van der Waals surface area contributed by atoms with Gasteiger partial charge in [0.1, 0.15) is 0 Å². The lowest BCUT2D eigenvalue weighted by atomic mass is 9.98. The van der Waals surface area contributed by atoms with Gasteiger partial charge < -0.3 is 15.0 Å². The molecule has 0 unspecified atom stereocenters. The lowest BCUT2D eigenvalue weighted by Gasteiger charge is -2.29. The summed E-state index contributed by atoms with van der Waals surface area (Å²) >= 11 is 0. The number of carbonyl (C=O) groups is 1. The molecule has 14 heavy (non-hydrogen) atoms. The van der Waals surface area contributed by atoms with E-state index in [0.29, 0.717) is 24.9 Å². The normalized spacial score (nSPS) is 24.1. The summed E-state index contributed by atoms with van der Waals surface area (Å²) in [5.74, 6) is 0.883. The molecule has 2 saturated heterocycles. The van der Waals surface area contributed by atoms with Crippen LogP contribution in [0.25, 0.3) is 0 Å². The highest BCUT2D eigenvalue weighted by Gasteiger charge is 2.23. The predicted octanol–water partition coefficient (Wildman–Crippen LogP) is -0.155. The Hall–Kier alpha value is -0.610. The summed E-state index contributed by atoms with van der Waals surface area (Å²) in [6.45, 7) is 5.17. The largest absolute Gasteiger partial charge is 0.380 e. The Bertz CT molecular complexity index is 196. The second kappa shape index (κ2) is 4.75. The van der Waals surface area contributed by atoms with Gasteiger partial charge in [0.15, 0.2) is 0 Å². The van der Waals surface area contributed by atoms with Gasteiger partial charge in [-0.2, -0.15) is 0 Å². The maximum atomic E-state index is 11.8. The predicted molar refractivity (Wildman–Crippen MR) is 53.0 cm³/mol. The topological polar surface area (TPSA) is 41.6 Å². The minimum Gasteiger partial charge on any atom is -0.380 e. The summed E-state index contributed by atoms with van der Waals surface area (Å²) in [7, 11) is 0. The molecule has 4 heteroatoms. The molecule has 0 radical (unpaired) electrons. The van der Waals surface area contributed by atoms with E-state index in [1.54, 1.807) is 0 Å². The molecule has 0 aromatic heterocycles. The number of nitrogens with zero attached hydrogens (tertiary/aromatic N) is 1. The first-order valence-corrected chi connectivity index (χ1v) is 5.42. The van der Waals surface area contributed by atoms with E-state index in [0.717, 1.165) is 39.2 Å². The van der Waals surface area contributed by atoms with Gasteiger partial charge in [-0.3, -0.25) is 4.79 Å². The molecule has 0 aliphatic carbocycles. The Balaban J connectivity index is 1.76. The summed E-state index contributed by atoms with van der Waals surface area (Å²) < 4.78 is 5.31. The summed E-state index contributed by atoms with van der Waals surface area (Å²) in [5, 5.41) is 3.19. The van der Waals surface area contributed by atoms with Crippen LogP contribution in [0.4, 0.5) is 0 Å². The molecule has 0 aromatic rings. The fourth-order valence-electron chi connectivity index (χ4n) is 1.86. The molecule has 2 fully saturated rings. The van der Waals surface area contributed by atoms with Crippen LogP contribution in [-0.2, 0) is 9.53 Å². The van der Waals surface area contributed by atoms with Crippen LogP contribution >= 0.6 is 0 Å². The zero-order valence-corrected chi connectivity index (χ0v) is 8.50. The first-order chi connectivity index (χ1) is 6.86. The fraction of sp³-hybridized carbons (Fsp3) is 0.900. The third-order valence-electron chi connectivity index (χ3n) is 2.90. The molecular weight excluding hydrogens is 180 g/mol. The molecule has 0 saturated carbocycles. The van der Waals surface area contributed by atoms with Crippen molar-refractivity contribution in [1.29, 1.82) is 0 Å². The highest BCUT2D eigenvalue weighted by molar-refractivity contribution is 5.76. The monoisotopic (exact) mass is 198 g/mol. The molecule has 0 aromatic carbocycles. The number of nitrogens with one attached hydrogen (secondary N) is 1. The summed E-state index contributed by atoms with van der Waals surface area (Å²) in [6, 6.07) is 0. The van der Waals surface area contributed by atoms with E-state index in [2.05, 4.69) is 5.32 Å². The highest BCUT2D eigenvalue weighted by atomic mass is 16.5. The second-order valence-corrected chi connectivity index (χ2v) is 4.08. The Kier molecular flexibility index (Phi) is 3.37. The maximum absolute atomic E-state index is 11.8. The average Bonchev–Trinajstić information content (AvgIpc) is 2.38. The first-order valence-electron chi connectivity index (χ1n) is 5.42. The van der Waals surface area contributed by atoms with E-state index in [9.17, 15) is 4.79 Å². The molecular formula is C10H18N2O2. The lowest BCUT2D eigenvalue weighted by Crippen LogP contribution is -2.45. The number of ether oxygens (including phenoxy) is 1. The van der Waals surface area contributed by atoms with E-state index >= 15 is 0 Å². The van der Waals surface area contributed by atoms with Gasteiger partial charge in [0.2, 0.25) is 5.91 Å². The van der Waals surface area contributed by atoms with Crippen LogP contribution in [0.2, 0.25) is 0 Å². The van der Waals surface area contributed by atoms with Crippen LogP contribution in [0, 0.1) is 5.92 Å². The van der Waals surface area contributed by atoms with Crippen molar-refractivity contribution in [3.63, 3.8) is 0 Å². The van der Waals surface area contributed by atoms with Crippen LogP contribution in [-0.4, -0.2) is 50.2 Å². The number of carbonyl (C=O) groups excluding carboxylic acids is 1. The number of amides is 1. The van der Waals surface area contributed by atoms with E-state index in [1.807, 2.05) is 4.90 Å². The van der Waals surface area contributed by atoms with Gasteiger partial charge in [0, 0.05) is 26.1 Å². The molecule has 2 aliphatic rings. The minimum absolute atomic E-state index is 0.307. The van der Waals surface area contributed by atoms with Crippen molar-refractivity contribution in [1.82, 2.24) is 10.2 Å². The summed E-state index contributed by atoms with van der Waals surface area (Å²) in [4.78, 5) is 13.7. The zero-order chi connectivity index (χ0) is 9.80. The van der Waals surface area contributed by atoms with Crippen molar-refractivity contribution in [2.75, 3.05) is 39.4 Å². The average molecular weight is 198 g/mol. The van der Waals surface area contributed by atoms with E-state index < -0.39 is 0 Å². The van der Waals surface area contributed by atoms with Gasteiger partial charge in [0.05, 0.1) is 6.61 Å². The standard InChI is InChI=1S/C10H18N2O2/c13-10(6-9-7-11-8-9)12-2-1-4-14-5-3-12/h9,11H,1-8H2. The molecule has 0 spiro atoms. The first kappa shape index (κ1) is 9.93. The SMILES string of the molecule is O=C(CC1CNC1)N1CCCOCC1. The van der Waals surface area contributed by atoms with E-state index in [-0.39, 0.29) is 0 Å². The third-order valence-corrected chi connectivity index (χ3v) is 2.90. The van der Waals surface area contributed by atoms with Gasteiger partial charge in [-0.15, -0.1) is 0 Å². The van der Waals surface area contributed by atoms with Crippen LogP contribution in [0.15, 0.2) is 0 Å². The lowest BCUT2D eigenvalue weighted by molar-refractivity contribution is -0.132. The zero-order valence-electron chi connectivity index (χ0n) is 8.50. The van der Waals surface area contributed by atoms with Crippen LogP contribution in [0.5, 0.6) is 0 Å². The van der Waals surface area contributed by atoms with Gasteiger partial charge in [-0.25, -0.2) is 0 Å². The van der Waals surface area contributed by atoms with E-state index in [4.69, 9.17) is 4.74 Å². The molecule has 0 bridgehead atoms. The molecule has 4 nitrogen and oxygen atoms in total. The van der Waals surface area contributed by atoms with Crippen molar-refractivity contribution in [3.05, 3.63) is 0 Å².